The predicted octanol–water partition coefficient (Wildman–Crippen LogP) is 3.54. The third-order valence-electron chi connectivity index (χ3n) is 2.74. The number of esters is 1. The molecule has 0 atom stereocenters. The van der Waals surface area contributed by atoms with Crippen molar-refractivity contribution in [1.82, 2.24) is 0 Å². The van der Waals surface area contributed by atoms with Gasteiger partial charge in [-0.3, -0.25) is 4.79 Å². The van der Waals surface area contributed by atoms with Gasteiger partial charge in [0.25, 0.3) is 0 Å². The monoisotopic (exact) mass is 268 g/mol. The summed E-state index contributed by atoms with van der Waals surface area (Å²) < 4.78 is 6.17. The quantitative estimate of drug-likeness (QED) is 0.606. The molecule has 1 aliphatic carbocycles. The Morgan fingerprint density at radius 1 is 1.27 bits per heavy atom. The van der Waals surface area contributed by atoms with Crippen molar-refractivity contribution >= 4 is 21.9 Å². The fourth-order valence-corrected chi connectivity index (χ4v) is 2.25. The largest absolute Gasteiger partial charge is 0.425 e. The second-order valence-corrected chi connectivity index (χ2v) is 4.69. The molecule has 0 bridgehead atoms. The van der Waals surface area contributed by atoms with Crippen LogP contribution in [-0.4, -0.2) is 5.97 Å². The number of hydrogen-bond donors (Lipinski definition) is 0. The molecular formula is C12H13BrO2. The zero-order valence-electron chi connectivity index (χ0n) is 8.41. The van der Waals surface area contributed by atoms with Gasteiger partial charge in [0.1, 0.15) is 5.75 Å². The van der Waals surface area contributed by atoms with E-state index in [1.54, 1.807) is 6.07 Å². The number of carbonyl (C=O) groups is 1. The van der Waals surface area contributed by atoms with E-state index in [1.165, 1.54) is 0 Å². The molecule has 0 heterocycles. The van der Waals surface area contributed by atoms with Gasteiger partial charge in [-0.1, -0.05) is 25.0 Å². The number of carbonyl (C=O) groups excluding carboxylic acids is 1. The number of halogens is 1. The highest BCUT2D eigenvalue weighted by Crippen LogP contribution is 2.29. The number of benzene rings is 1. The first-order chi connectivity index (χ1) is 7.27. The zero-order valence-corrected chi connectivity index (χ0v) is 10.00. The molecule has 1 aliphatic rings. The highest BCUT2D eigenvalue weighted by molar-refractivity contribution is 9.10. The molecule has 0 amide bonds. The summed E-state index contributed by atoms with van der Waals surface area (Å²) in [5, 5.41) is 0. The van der Waals surface area contributed by atoms with Gasteiger partial charge in [-0.2, -0.15) is 0 Å². The molecule has 0 aromatic heterocycles. The molecule has 1 fully saturated rings. The van der Waals surface area contributed by atoms with Gasteiger partial charge in [-0.15, -0.1) is 0 Å². The molecule has 0 N–H and O–H groups in total. The minimum atomic E-state index is -0.0839. The molecule has 3 heteroatoms. The highest BCUT2D eigenvalue weighted by Gasteiger charge is 2.24. The molecule has 0 radical (unpaired) electrons. The van der Waals surface area contributed by atoms with Gasteiger partial charge in [0.05, 0.1) is 10.4 Å². The molecule has 0 aliphatic heterocycles. The van der Waals surface area contributed by atoms with Crippen molar-refractivity contribution in [3.63, 3.8) is 0 Å². The second-order valence-electron chi connectivity index (χ2n) is 3.83. The number of ether oxygens (including phenoxy) is 1. The van der Waals surface area contributed by atoms with E-state index in [0.29, 0.717) is 5.75 Å². The van der Waals surface area contributed by atoms with E-state index in [-0.39, 0.29) is 11.9 Å². The molecule has 80 valence electrons. The van der Waals surface area contributed by atoms with E-state index >= 15 is 0 Å². The van der Waals surface area contributed by atoms with Crippen LogP contribution in [-0.2, 0) is 4.79 Å². The summed E-state index contributed by atoms with van der Waals surface area (Å²) in [7, 11) is 0. The molecule has 1 aromatic rings. The smallest absolute Gasteiger partial charge is 0.314 e. The van der Waals surface area contributed by atoms with Crippen LogP contribution in [0.2, 0.25) is 0 Å². The lowest BCUT2D eigenvalue weighted by Crippen LogP contribution is -2.17. The van der Waals surface area contributed by atoms with E-state index in [4.69, 9.17) is 4.74 Å². The molecule has 0 saturated heterocycles. The van der Waals surface area contributed by atoms with Gasteiger partial charge in [-0.25, -0.2) is 0 Å². The van der Waals surface area contributed by atoms with Crippen molar-refractivity contribution in [2.24, 2.45) is 5.92 Å². The first kappa shape index (κ1) is 10.7. The van der Waals surface area contributed by atoms with Crippen molar-refractivity contribution in [2.75, 3.05) is 0 Å². The minimum Gasteiger partial charge on any atom is -0.425 e. The van der Waals surface area contributed by atoms with Crippen molar-refractivity contribution in [2.45, 2.75) is 25.7 Å². The first-order valence-corrected chi connectivity index (χ1v) is 6.03. The number of hydrogen-bond acceptors (Lipinski definition) is 2. The van der Waals surface area contributed by atoms with Crippen LogP contribution in [0.1, 0.15) is 25.7 Å². The van der Waals surface area contributed by atoms with Crippen LogP contribution < -0.4 is 4.74 Å². The summed E-state index contributed by atoms with van der Waals surface area (Å²) >= 11 is 3.36. The molecule has 0 spiro atoms. The number of para-hydroxylation sites is 1. The summed E-state index contributed by atoms with van der Waals surface area (Å²) in [5.41, 5.74) is 0. The second kappa shape index (κ2) is 4.79. The Bertz CT molecular complexity index is 356. The number of rotatable bonds is 2. The van der Waals surface area contributed by atoms with E-state index < -0.39 is 0 Å². The van der Waals surface area contributed by atoms with E-state index in [0.717, 1.165) is 30.2 Å². The highest BCUT2D eigenvalue weighted by atomic mass is 79.9. The Labute approximate surface area is 97.8 Å². The molecular weight excluding hydrogens is 256 g/mol. The van der Waals surface area contributed by atoms with Gasteiger partial charge in [0.2, 0.25) is 0 Å². The van der Waals surface area contributed by atoms with E-state index in [2.05, 4.69) is 15.9 Å². The summed E-state index contributed by atoms with van der Waals surface area (Å²) in [5.74, 6) is 0.644. The predicted molar refractivity (Wildman–Crippen MR) is 61.7 cm³/mol. The maximum atomic E-state index is 11.7. The summed E-state index contributed by atoms with van der Waals surface area (Å²) in [6.45, 7) is 0. The van der Waals surface area contributed by atoms with Crippen molar-refractivity contribution in [1.29, 1.82) is 0 Å². The van der Waals surface area contributed by atoms with Crippen LogP contribution in [0.3, 0.4) is 0 Å². The normalized spacial score (nSPS) is 16.6. The molecule has 2 rings (SSSR count). The molecule has 15 heavy (non-hydrogen) atoms. The topological polar surface area (TPSA) is 26.3 Å². The van der Waals surface area contributed by atoms with Crippen LogP contribution in [0, 0.1) is 5.92 Å². The van der Waals surface area contributed by atoms with Gasteiger partial charge < -0.3 is 4.74 Å². The molecule has 0 unspecified atom stereocenters. The van der Waals surface area contributed by atoms with Crippen LogP contribution in [0.25, 0.3) is 0 Å². The summed E-state index contributed by atoms with van der Waals surface area (Å²) in [4.78, 5) is 11.7. The van der Waals surface area contributed by atoms with Crippen molar-refractivity contribution in [3.05, 3.63) is 28.7 Å². The fourth-order valence-electron chi connectivity index (χ4n) is 1.88. The maximum Gasteiger partial charge on any atom is 0.314 e. The third-order valence-corrected chi connectivity index (χ3v) is 3.39. The maximum absolute atomic E-state index is 11.7. The van der Waals surface area contributed by atoms with Crippen LogP contribution in [0.15, 0.2) is 28.7 Å². The minimum absolute atomic E-state index is 0.0839. The average molecular weight is 269 g/mol. The standard InChI is InChI=1S/C12H13BrO2/c13-10-7-3-4-8-11(10)15-12(14)9-5-1-2-6-9/h3-4,7-9H,1-2,5-6H2. The lowest BCUT2D eigenvalue weighted by atomic mass is 10.1. The van der Waals surface area contributed by atoms with Gasteiger partial charge >= 0.3 is 5.97 Å². The Hall–Kier alpha value is -0.830. The Morgan fingerprint density at radius 2 is 1.93 bits per heavy atom. The van der Waals surface area contributed by atoms with E-state index in [9.17, 15) is 4.79 Å². The lowest BCUT2D eigenvalue weighted by Gasteiger charge is -2.10. The van der Waals surface area contributed by atoms with Gasteiger partial charge in [0, 0.05) is 0 Å². The molecule has 1 saturated carbocycles. The van der Waals surface area contributed by atoms with Crippen LogP contribution in [0.5, 0.6) is 5.75 Å². The fraction of sp³-hybridized carbons (Fsp3) is 0.417. The Morgan fingerprint density at radius 3 is 2.60 bits per heavy atom. The van der Waals surface area contributed by atoms with E-state index in [1.807, 2.05) is 18.2 Å². The third kappa shape index (κ3) is 2.59. The van der Waals surface area contributed by atoms with Crippen molar-refractivity contribution < 1.29 is 9.53 Å². The molecule has 2 nitrogen and oxygen atoms in total. The van der Waals surface area contributed by atoms with Crippen LogP contribution in [0.4, 0.5) is 0 Å². The average Bonchev–Trinajstić information content (AvgIpc) is 2.74. The summed E-state index contributed by atoms with van der Waals surface area (Å²) in [6.07, 6.45) is 4.25. The Balaban J connectivity index is 2.02. The summed E-state index contributed by atoms with van der Waals surface area (Å²) in [6, 6.07) is 7.44. The van der Waals surface area contributed by atoms with Gasteiger partial charge in [-0.05, 0) is 40.9 Å². The van der Waals surface area contributed by atoms with Crippen LogP contribution >= 0.6 is 15.9 Å². The first-order valence-electron chi connectivity index (χ1n) is 5.23. The SMILES string of the molecule is O=C(Oc1ccccc1Br)C1CCCC1. The van der Waals surface area contributed by atoms with Gasteiger partial charge in [0.15, 0.2) is 0 Å². The van der Waals surface area contributed by atoms with Crippen molar-refractivity contribution in [3.8, 4) is 5.75 Å². The molecule has 1 aromatic carbocycles. The Kier molecular flexibility index (Phi) is 3.41. The lowest BCUT2D eigenvalue weighted by molar-refractivity contribution is -0.138. The zero-order chi connectivity index (χ0) is 10.7.